The molecule has 0 aromatic carbocycles. The first kappa shape index (κ1) is 15.0. The maximum absolute atomic E-state index is 12.4. The van der Waals surface area contributed by atoms with E-state index in [4.69, 9.17) is 4.42 Å². The summed E-state index contributed by atoms with van der Waals surface area (Å²) in [5, 5.41) is -0.143. The van der Waals surface area contributed by atoms with Gasteiger partial charge in [0.25, 0.3) is 0 Å². The SMILES string of the molecule is CC(=O)N1CCN(C(=O)[C@H](C)Sc2ccoc2C)CC1. The molecule has 0 bridgehead atoms. The summed E-state index contributed by atoms with van der Waals surface area (Å²) in [5.41, 5.74) is 0. The maximum atomic E-state index is 12.4. The Balaban J connectivity index is 1.88. The van der Waals surface area contributed by atoms with Gasteiger partial charge in [0, 0.05) is 38.0 Å². The Morgan fingerprint density at radius 2 is 1.85 bits per heavy atom. The van der Waals surface area contributed by atoms with Crippen LogP contribution in [0.15, 0.2) is 21.6 Å². The second-order valence-electron chi connectivity index (χ2n) is 4.93. The molecule has 5 nitrogen and oxygen atoms in total. The van der Waals surface area contributed by atoms with Crippen molar-refractivity contribution in [3.63, 3.8) is 0 Å². The number of aryl methyl sites for hydroxylation is 1. The van der Waals surface area contributed by atoms with Gasteiger partial charge in [-0.2, -0.15) is 0 Å². The average molecular weight is 296 g/mol. The number of hydrogen-bond donors (Lipinski definition) is 0. The van der Waals surface area contributed by atoms with Crippen LogP contribution in [-0.4, -0.2) is 53.0 Å². The number of rotatable bonds is 3. The third-order valence-corrected chi connectivity index (χ3v) is 4.73. The summed E-state index contributed by atoms with van der Waals surface area (Å²) in [4.78, 5) is 28.3. The lowest BCUT2D eigenvalue weighted by Gasteiger charge is -2.35. The van der Waals surface area contributed by atoms with Crippen LogP contribution in [0.3, 0.4) is 0 Å². The molecule has 1 saturated heterocycles. The largest absolute Gasteiger partial charge is 0.468 e. The number of carbonyl (C=O) groups is 2. The van der Waals surface area contributed by atoms with E-state index in [0.717, 1.165) is 10.7 Å². The first-order valence-electron chi connectivity index (χ1n) is 6.74. The van der Waals surface area contributed by atoms with Gasteiger partial charge < -0.3 is 14.2 Å². The summed E-state index contributed by atoms with van der Waals surface area (Å²) in [5.74, 6) is 1.04. The van der Waals surface area contributed by atoms with Crippen molar-refractivity contribution in [2.24, 2.45) is 0 Å². The Kier molecular flexibility index (Phi) is 4.75. The van der Waals surface area contributed by atoms with E-state index in [-0.39, 0.29) is 17.1 Å². The smallest absolute Gasteiger partial charge is 0.235 e. The standard InChI is InChI=1S/C14H20N2O3S/c1-10-13(4-9-19-10)20-11(2)14(18)16-7-5-15(6-8-16)12(3)17/h4,9,11H,5-8H2,1-3H3/t11-/m0/s1. The Morgan fingerprint density at radius 3 is 2.35 bits per heavy atom. The molecule has 0 radical (unpaired) electrons. The van der Waals surface area contributed by atoms with Gasteiger partial charge in [-0.3, -0.25) is 9.59 Å². The highest BCUT2D eigenvalue weighted by Gasteiger charge is 2.26. The Hall–Kier alpha value is -1.43. The molecule has 0 N–H and O–H groups in total. The van der Waals surface area contributed by atoms with Crippen LogP contribution in [0.2, 0.25) is 0 Å². The minimum Gasteiger partial charge on any atom is -0.468 e. The molecule has 1 aromatic heterocycles. The molecule has 1 aliphatic rings. The van der Waals surface area contributed by atoms with E-state index in [9.17, 15) is 9.59 Å². The van der Waals surface area contributed by atoms with Crippen LogP contribution in [0.4, 0.5) is 0 Å². The first-order valence-corrected chi connectivity index (χ1v) is 7.62. The monoisotopic (exact) mass is 296 g/mol. The van der Waals surface area contributed by atoms with Crippen LogP contribution < -0.4 is 0 Å². The average Bonchev–Trinajstić information content (AvgIpc) is 2.83. The molecule has 110 valence electrons. The van der Waals surface area contributed by atoms with Crippen LogP contribution in [-0.2, 0) is 9.59 Å². The summed E-state index contributed by atoms with van der Waals surface area (Å²) >= 11 is 1.52. The highest BCUT2D eigenvalue weighted by atomic mass is 32.2. The lowest BCUT2D eigenvalue weighted by molar-refractivity contribution is -0.137. The fourth-order valence-electron chi connectivity index (χ4n) is 2.24. The van der Waals surface area contributed by atoms with Crippen molar-refractivity contribution in [3.05, 3.63) is 18.1 Å². The van der Waals surface area contributed by atoms with Gasteiger partial charge >= 0.3 is 0 Å². The van der Waals surface area contributed by atoms with E-state index >= 15 is 0 Å². The number of piperazine rings is 1. The van der Waals surface area contributed by atoms with Crippen molar-refractivity contribution in [1.82, 2.24) is 9.80 Å². The molecule has 6 heteroatoms. The molecular formula is C14H20N2O3S. The molecule has 2 heterocycles. The first-order chi connectivity index (χ1) is 9.49. The van der Waals surface area contributed by atoms with Crippen molar-refractivity contribution in [1.29, 1.82) is 0 Å². The van der Waals surface area contributed by atoms with E-state index in [1.807, 2.05) is 24.8 Å². The lowest BCUT2D eigenvalue weighted by Crippen LogP contribution is -2.51. The molecule has 20 heavy (non-hydrogen) atoms. The molecular weight excluding hydrogens is 276 g/mol. The number of hydrogen-bond acceptors (Lipinski definition) is 4. The number of furan rings is 1. The van der Waals surface area contributed by atoms with Gasteiger partial charge in [-0.15, -0.1) is 11.8 Å². The number of thioether (sulfide) groups is 1. The fraction of sp³-hybridized carbons (Fsp3) is 0.571. The molecule has 0 saturated carbocycles. The third-order valence-electron chi connectivity index (χ3n) is 3.50. The van der Waals surface area contributed by atoms with Gasteiger partial charge in [0.05, 0.1) is 11.5 Å². The van der Waals surface area contributed by atoms with E-state index in [1.54, 1.807) is 18.1 Å². The molecule has 2 amide bonds. The van der Waals surface area contributed by atoms with Gasteiger partial charge in [-0.25, -0.2) is 0 Å². The van der Waals surface area contributed by atoms with Crippen molar-refractivity contribution in [2.45, 2.75) is 30.9 Å². The second-order valence-corrected chi connectivity index (χ2v) is 6.32. The van der Waals surface area contributed by atoms with E-state index < -0.39 is 0 Å². The third kappa shape index (κ3) is 3.36. The van der Waals surface area contributed by atoms with Crippen molar-refractivity contribution in [2.75, 3.05) is 26.2 Å². The van der Waals surface area contributed by atoms with Crippen molar-refractivity contribution < 1.29 is 14.0 Å². The number of nitrogens with zero attached hydrogens (tertiary/aromatic N) is 2. The maximum Gasteiger partial charge on any atom is 0.235 e. The fourth-order valence-corrected chi connectivity index (χ4v) is 3.21. The molecule has 1 fully saturated rings. The zero-order valence-electron chi connectivity index (χ0n) is 12.1. The van der Waals surface area contributed by atoms with E-state index in [1.165, 1.54) is 11.8 Å². The number of amides is 2. The topological polar surface area (TPSA) is 53.8 Å². The minimum atomic E-state index is -0.143. The van der Waals surface area contributed by atoms with Crippen molar-refractivity contribution in [3.8, 4) is 0 Å². The molecule has 1 aromatic rings. The molecule has 1 aliphatic heterocycles. The summed E-state index contributed by atoms with van der Waals surface area (Å²) in [6.07, 6.45) is 1.64. The Labute approximate surface area is 123 Å². The van der Waals surface area contributed by atoms with Crippen LogP contribution in [0.25, 0.3) is 0 Å². The summed E-state index contributed by atoms with van der Waals surface area (Å²) in [6, 6.07) is 1.89. The highest BCUT2D eigenvalue weighted by Crippen LogP contribution is 2.28. The molecule has 0 aliphatic carbocycles. The Morgan fingerprint density at radius 1 is 1.25 bits per heavy atom. The summed E-state index contributed by atoms with van der Waals surface area (Å²) in [6.45, 7) is 7.87. The quantitative estimate of drug-likeness (QED) is 0.798. The van der Waals surface area contributed by atoms with Gasteiger partial charge in [0.15, 0.2) is 0 Å². The lowest BCUT2D eigenvalue weighted by atomic mass is 10.3. The minimum absolute atomic E-state index is 0.0774. The van der Waals surface area contributed by atoms with Crippen molar-refractivity contribution >= 4 is 23.6 Å². The van der Waals surface area contributed by atoms with E-state index in [0.29, 0.717) is 26.2 Å². The predicted octanol–water partition coefficient (Wildman–Crippen LogP) is 1.76. The van der Waals surface area contributed by atoms with Crippen LogP contribution in [0.1, 0.15) is 19.6 Å². The highest BCUT2D eigenvalue weighted by molar-refractivity contribution is 8.00. The summed E-state index contributed by atoms with van der Waals surface area (Å²) < 4.78 is 5.24. The predicted molar refractivity (Wildman–Crippen MR) is 77.6 cm³/mol. The number of carbonyl (C=O) groups excluding carboxylic acids is 2. The molecule has 1 atom stereocenters. The van der Waals surface area contributed by atoms with Crippen LogP contribution >= 0.6 is 11.8 Å². The van der Waals surface area contributed by atoms with Crippen LogP contribution in [0, 0.1) is 6.92 Å². The second kappa shape index (κ2) is 6.35. The van der Waals surface area contributed by atoms with Gasteiger partial charge in [0.1, 0.15) is 5.76 Å². The van der Waals surface area contributed by atoms with Gasteiger partial charge in [-0.05, 0) is 19.9 Å². The zero-order chi connectivity index (χ0) is 14.7. The summed E-state index contributed by atoms with van der Waals surface area (Å²) in [7, 11) is 0. The molecule has 2 rings (SSSR count). The van der Waals surface area contributed by atoms with E-state index in [2.05, 4.69) is 0 Å². The van der Waals surface area contributed by atoms with Gasteiger partial charge in [0.2, 0.25) is 11.8 Å². The normalized spacial score (nSPS) is 17.1. The zero-order valence-corrected chi connectivity index (χ0v) is 12.9. The molecule has 0 unspecified atom stereocenters. The van der Waals surface area contributed by atoms with Crippen LogP contribution in [0.5, 0.6) is 0 Å². The van der Waals surface area contributed by atoms with Gasteiger partial charge in [-0.1, -0.05) is 0 Å². The molecule has 0 spiro atoms. The Bertz CT molecular complexity index is 492.